The molecule has 0 aliphatic heterocycles. The van der Waals surface area contributed by atoms with Crippen molar-refractivity contribution in [1.29, 1.82) is 0 Å². The Morgan fingerprint density at radius 3 is 2.86 bits per heavy atom. The lowest BCUT2D eigenvalue weighted by atomic mass is 10.3. The molecule has 1 N–H and O–H groups in total. The molecule has 0 amide bonds. The molecule has 0 fully saturated rings. The molecule has 0 aliphatic carbocycles. The number of aromatic nitrogens is 2. The number of rotatable bonds is 3. The van der Waals surface area contributed by atoms with Crippen molar-refractivity contribution in [3.05, 3.63) is 28.2 Å². The van der Waals surface area contributed by atoms with E-state index in [2.05, 4.69) is 40.7 Å². The minimum absolute atomic E-state index is 0.307. The largest absolute Gasteiger partial charge is 0.353 e. The highest BCUT2D eigenvalue weighted by molar-refractivity contribution is 7.12. The van der Waals surface area contributed by atoms with Gasteiger partial charge >= 0.3 is 0 Å². The first-order chi connectivity index (χ1) is 6.75. The Morgan fingerprint density at radius 2 is 2.29 bits per heavy atom. The number of anilines is 1. The van der Waals surface area contributed by atoms with Gasteiger partial charge in [-0.3, -0.25) is 0 Å². The van der Waals surface area contributed by atoms with E-state index in [0.717, 1.165) is 5.13 Å². The fourth-order valence-corrected chi connectivity index (χ4v) is 2.58. The van der Waals surface area contributed by atoms with Gasteiger partial charge in [0.2, 0.25) is 5.13 Å². The van der Waals surface area contributed by atoms with Crippen LogP contribution in [0.4, 0.5) is 5.13 Å². The predicted molar refractivity (Wildman–Crippen MR) is 61.0 cm³/mol. The molecular formula is C9H11N3S2. The SMILES string of the molecule is Cc1ccc(C(C)Nc2ncns2)s1. The lowest BCUT2D eigenvalue weighted by Crippen LogP contribution is -2.03. The second kappa shape index (κ2) is 4.06. The summed E-state index contributed by atoms with van der Waals surface area (Å²) in [5.41, 5.74) is 0. The first-order valence-electron chi connectivity index (χ1n) is 4.35. The molecule has 3 nitrogen and oxygen atoms in total. The van der Waals surface area contributed by atoms with Gasteiger partial charge in [0.1, 0.15) is 6.33 Å². The molecular weight excluding hydrogens is 214 g/mol. The molecule has 0 saturated heterocycles. The van der Waals surface area contributed by atoms with Crippen molar-refractivity contribution in [3.8, 4) is 0 Å². The Kier molecular flexibility index (Phi) is 2.79. The van der Waals surface area contributed by atoms with Crippen molar-refractivity contribution in [2.24, 2.45) is 0 Å². The van der Waals surface area contributed by atoms with Crippen LogP contribution in [0.3, 0.4) is 0 Å². The number of thiophene rings is 1. The zero-order valence-corrected chi connectivity index (χ0v) is 9.65. The molecule has 0 spiro atoms. The van der Waals surface area contributed by atoms with E-state index in [-0.39, 0.29) is 0 Å². The van der Waals surface area contributed by atoms with Crippen LogP contribution in [0.1, 0.15) is 22.7 Å². The fraction of sp³-hybridized carbons (Fsp3) is 0.333. The molecule has 2 aromatic heterocycles. The van der Waals surface area contributed by atoms with Crippen LogP contribution < -0.4 is 5.32 Å². The quantitative estimate of drug-likeness (QED) is 0.872. The van der Waals surface area contributed by atoms with Crippen LogP contribution in [0.2, 0.25) is 0 Å². The van der Waals surface area contributed by atoms with Gasteiger partial charge in [0, 0.05) is 21.3 Å². The Labute approximate surface area is 91.0 Å². The van der Waals surface area contributed by atoms with E-state index in [4.69, 9.17) is 0 Å². The van der Waals surface area contributed by atoms with Crippen molar-refractivity contribution in [2.75, 3.05) is 5.32 Å². The second-order valence-corrected chi connectivity index (χ2v) is 5.16. The summed E-state index contributed by atoms with van der Waals surface area (Å²) in [6, 6.07) is 4.60. The highest BCUT2D eigenvalue weighted by Gasteiger charge is 2.08. The zero-order valence-electron chi connectivity index (χ0n) is 8.02. The minimum Gasteiger partial charge on any atom is -0.353 e. The van der Waals surface area contributed by atoms with E-state index in [1.807, 2.05) is 11.3 Å². The highest BCUT2D eigenvalue weighted by Crippen LogP contribution is 2.25. The van der Waals surface area contributed by atoms with Gasteiger partial charge in [-0.15, -0.1) is 11.3 Å². The van der Waals surface area contributed by atoms with Gasteiger partial charge in [-0.25, -0.2) is 4.98 Å². The summed E-state index contributed by atoms with van der Waals surface area (Å²) in [5, 5.41) is 4.19. The third-order valence-corrected chi connectivity index (χ3v) is 3.67. The summed E-state index contributed by atoms with van der Waals surface area (Å²) in [4.78, 5) is 6.76. The lowest BCUT2D eigenvalue weighted by molar-refractivity contribution is 0.904. The van der Waals surface area contributed by atoms with E-state index in [1.165, 1.54) is 21.3 Å². The summed E-state index contributed by atoms with van der Waals surface area (Å²) >= 11 is 3.20. The minimum atomic E-state index is 0.307. The van der Waals surface area contributed by atoms with Gasteiger partial charge in [0.15, 0.2) is 0 Å². The summed E-state index contributed by atoms with van der Waals surface area (Å²) in [6.45, 7) is 4.25. The Bertz CT molecular complexity index is 394. The first kappa shape index (κ1) is 9.61. The Hall–Kier alpha value is -0.940. The van der Waals surface area contributed by atoms with Gasteiger partial charge in [0.25, 0.3) is 0 Å². The van der Waals surface area contributed by atoms with E-state index >= 15 is 0 Å². The lowest BCUT2D eigenvalue weighted by Gasteiger charge is -2.09. The topological polar surface area (TPSA) is 37.8 Å². The van der Waals surface area contributed by atoms with Crippen LogP contribution in [0, 0.1) is 6.92 Å². The standard InChI is InChI=1S/C9H11N3S2/c1-6-3-4-8(13-6)7(2)12-9-10-5-11-14-9/h3-5,7H,1-2H3,(H,10,11,12). The van der Waals surface area contributed by atoms with Crippen molar-refractivity contribution in [1.82, 2.24) is 9.36 Å². The van der Waals surface area contributed by atoms with Gasteiger partial charge in [-0.2, -0.15) is 4.37 Å². The maximum absolute atomic E-state index is 4.09. The molecule has 0 saturated carbocycles. The van der Waals surface area contributed by atoms with Gasteiger partial charge in [-0.05, 0) is 26.0 Å². The Balaban J connectivity index is 2.06. The zero-order chi connectivity index (χ0) is 9.97. The van der Waals surface area contributed by atoms with Crippen LogP contribution in [-0.2, 0) is 0 Å². The predicted octanol–water partition coefficient (Wildman–Crippen LogP) is 3.08. The van der Waals surface area contributed by atoms with Crippen LogP contribution in [-0.4, -0.2) is 9.36 Å². The van der Waals surface area contributed by atoms with E-state index in [1.54, 1.807) is 6.33 Å². The number of aryl methyl sites for hydroxylation is 1. The molecule has 5 heteroatoms. The monoisotopic (exact) mass is 225 g/mol. The van der Waals surface area contributed by atoms with Gasteiger partial charge in [0.05, 0.1) is 6.04 Å². The molecule has 2 heterocycles. The molecule has 0 bridgehead atoms. The molecule has 2 rings (SSSR count). The molecule has 1 atom stereocenters. The molecule has 14 heavy (non-hydrogen) atoms. The maximum Gasteiger partial charge on any atom is 0.202 e. The third kappa shape index (κ3) is 2.10. The summed E-state index contributed by atoms with van der Waals surface area (Å²) in [7, 11) is 0. The van der Waals surface area contributed by atoms with Crippen LogP contribution >= 0.6 is 22.9 Å². The number of hydrogen-bond acceptors (Lipinski definition) is 5. The molecule has 74 valence electrons. The number of nitrogens with one attached hydrogen (secondary N) is 1. The maximum atomic E-state index is 4.09. The first-order valence-corrected chi connectivity index (χ1v) is 5.94. The van der Waals surface area contributed by atoms with E-state index in [0.29, 0.717) is 6.04 Å². The fourth-order valence-electron chi connectivity index (χ4n) is 1.18. The molecule has 1 unspecified atom stereocenters. The number of hydrogen-bond donors (Lipinski definition) is 1. The summed E-state index contributed by atoms with van der Waals surface area (Å²) in [5.74, 6) is 0. The molecule has 0 aliphatic rings. The normalized spacial score (nSPS) is 12.7. The van der Waals surface area contributed by atoms with Crippen LogP contribution in [0.25, 0.3) is 0 Å². The smallest absolute Gasteiger partial charge is 0.202 e. The van der Waals surface area contributed by atoms with E-state index in [9.17, 15) is 0 Å². The molecule has 2 aromatic rings. The van der Waals surface area contributed by atoms with Crippen molar-refractivity contribution >= 4 is 28.0 Å². The van der Waals surface area contributed by atoms with Crippen LogP contribution in [0.5, 0.6) is 0 Å². The second-order valence-electron chi connectivity index (χ2n) is 3.06. The molecule has 0 radical (unpaired) electrons. The van der Waals surface area contributed by atoms with Gasteiger partial charge in [-0.1, -0.05) is 0 Å². The van der Waals surface area contributed by atoms with Crippen molar-refractivity contribution in [2.45, 2.75) is 19.9 Å². The summed E-state index contributed by atoms with van der Waals surface area (Å²) < 4.78 is 3.95. The highest BCUT2D eigenvalue weighted by atomic mass is 32.1. The number of nitrogens with zero attached hydrogens (tertiary/aromatic N) is 2. The van der Waals surface area contributed by atoms with Gasteiger partial charge < -0.3 is 5.32 Å². The summed E-state index contributed by atoms with van der Waals surface area (Å²) in [6.07, 6.45) is 1.57. The average molecular weight is 225 g/mol. The van der Waals surface area contributed by atoms with E-state index < -0.39 is 0 Å². The third-order valence-electron chi connectivity index (χ3n) is 1.89. The van der Waals surface area contributed by atoms with Crippen LogP contribution in [0.15, 0.2) is 18.5 Å². The Morgan fingerprint density at radius 1 is 1.43 bits per heavy atom. The van der Waals surface area contributed by atoms with Crippen molar-refractivity contribution in [3.63, 3.8) is 0 Å². The average Bonchev–Trinajstić information content (AvgIpc) is 2.75. The molecule has 0 aromatic carbocycles. The van der Waals surface area contributed by atoms with Crippen molar-refractivity contribution < 1.29 is 0 Å².